The summed E-state index contributed by atoms with van der Waals surface area (Å²) in [6.45, 7) is 0.363. The van der Waals surface area contributed by atoms with Gasteiger partial charge in [0, 0.05) is 18.7 Å². The summed E-state index contributed by atoms with van der Waals surface area (Å²) in [5.74, 6) is 0.334. The molecule has 0 spiro atoms. The number of nitrogens with zero attached hydrogens (tertiary/aromatic N) is 4. The number of ether oxygens (including phenoxy) is 2. The van der Waals surface area contributed by atoms with Crippen molar-refractivity contribution in [2.45, 2.75) is 25.7 Å². The second-order valence-electron chi connectivity index (χ2n) is 9.46. The Balaban J connectivity index is 1.57. The van der Waals surface area contributed by atoms with Gasteiger partial charge >= 0.3 is 0 Å². The van der Waals surface area contributed by atoms with Crippen molar-refractivity contribution in [3.05, 3.63) is 120 Å². The van der Waals surface area contributed by atoms with Gasteiger partial charge in [-0.3, -0.25) is 9.59 Å². The van der Waals surface area contributed by atoms with E-state index in [1.54, 1.807) is 34.9 Å². The van der Waals surface area contributed by atoms with E-state index in [4.69, 9.17) is 9.47 Å². The number of aromatic nitrogens is 3. The fourth-order valence-corrected chi connectivity index (χ4v) is 4.74. The van der Waals surface area contributed by atoms with Crippen LogP contribution in [0, 0.1) is 0 Å². The van der Waals surface area contributed by atoms with Crippen molar-refractivity contribution >= 4 is 22.8 Å². The van der Waals surface area contributed by atoms with Crippen molar-refractivity contribution in [1.82, 2.24) is 25.2 Å². The third-order valence-corrected chi connectivity index (χ3v) is 6.82. The highest BCUT2D eigenvalue weighted by atomic mass is 16.5. The van der Waals surface area contributed by atoms with E-state index >= 15 is 0 Å². The fourth-order valence-electron chi connectivity index (χ4n) is 4.74. The number of nitrogens with one attached hydrogen (secondary N) is 1. The van der Waals surface area contributed by atoms with E-state index in [0.717, 1.165) is 16.6 Å². The number of fused-ring (bicyclic) bond motifs is 1. The first-order valence-electron chi connectivity index (χ1n) is 13.2. The predicted octanol–water partition coefficient (Wildman–Crippen LogP) is 4.54. The van der Waals surface area contributed by atoms with E-state index in [0.29, 0.717) is 29.1 Å². The van der Waals surface area contributed by atoms with E-state index in [2.05, 4.69) is 15.6 Å². The monoisotopic (exact) mass is 549 g/mol. The Labute approximate surface area is 238 Å². The Morgan fingerprint density at radius 3 is 2.24 bits per heavy atom. The first kappa shape index (κ1) is 27.4. The minimum Gasteiger partial charge on any atom is -0.497 e. The molecule has 1 atom stereocenters. The Morgan fingerprint density at radius 1 is 0.854 bits per heavy atom. The van der Waals surface area contributed by atoms with E-state index in [9.17, 15) is 9.59 Å². The van der Waals surface area contributed by atoms with Crippen molar-refractivity contribution < 1.29 is 19.1 Å². The Hall–Kier alpha value is -5.18. The molecule has 0 aliphatic rings. The minimum absolute atomic E-state index is 0.109. The molecular weight excluding hydrogens is 518 g/mol. The molecule has 9 nitrogen and oxygen atoms in total. The normalized spacial score (nSPS) is 11.6. The van der Waals surface area contributed by atoms with Gasteiger partial charge in [0.05, 0.1) is 19.7 Å². The van der Waals surface area contributed by atoms with Gasteiger partial charge in [0.15, 0.2) is 0 Å². The van der Waals surface area contributed by atoms with Gasteiger partial charge in [-0.25, -0.2) is 4.68 Å². The van der Waals surface area contributed by atoms with Gasteiger partial charge in [-0.15, -0.1) is 5.10 Å². The summed E-state index contributed by atoms with van der Waals surface area (Å²) < 4.78 is 12.7. The van der Waals surface area contributed by atoms with Crippen LogP contribution in [-0.4, -0.2) is 45.9 Å². The number of hydrogen-bond acceptors (Lipinski definition) is 6. The van der Waals surface area contributed by atoms with Crippen LogP contribution in [-0.2, 0) is 29.2 Å². The summed E-state index contributed by atoms with van der Waals surface area (Å²) in [5.41, 5.74) is 3.72. The van der Waals surface area contributed by atoms with Crippen LogP contribution in [0.25, 0.3) is 11.0 Å². The van der Waals surface area contributed by atoms with Crippen LogP contribution < -0.4 is 14.8 Å². The summed E-state index contributed by atoms with van der Waals surface area (Å²) in [4.78, 5) is 29.8. The number of carbonyl (C=O) groups excluding carboxylic acids is 2. The number of amides is 2. The number of carbonyl (C=O) groups is 2. The quantitative estimate of drug-likeness (QED) is 0.260. The standard InChI is InChI=1S/C32H31N5O4/c1-40-25-17-18-29(41-2)26(19-25)31(32(39)33-20-23-11-5-3-6-12-23)36(21-24-13-7-4-8-14-24)30(38)22-37-28-16-10-9-15-27(28)34-35-37/h3-19,31H,20-22H2,1-2H3,(H,33,39)/t31-/m0/s1. The minimum atomic E-state index is -1.04. The molecule has 208 valence electrons. The third kappa shape index (κ3) is 6.36. The fraction of sp³-hybridized carbons (Fsp3) is 0.188. The second-order valence-corrected chi connectivity index (χ2v) is 9.46. The van der Waals surface area contributed by atoms with Crippen molar-refractivity contribution in [2.24, 2.45) is 0 Å². The van der Waals surface area contributed by atoms with Crippen LogP contribution in [0.1, 0.15) is 22.7 Å². The molecule has 0 fully saturated rings. The molecule has 5 aromatic rings. The lowest BCUT2D eigenvalue weighted by atomic mass is 10.0. The highest BCUT2D eigenvalue weighted by molar-refractivity contribution is 5.90. The first-order valence-corrected chi connectivity index (χ1v) is 13.2. The van der Waals surface area contributed by atoms with E-state index in [1.165, 1.54) is 7.11 Å². The highest BCUT2D eigenvalue weighted by Crippen LogP contribution is 2.34. The molecule has 0 saturated heterocycles. The maximum Gasteiger partial charge on any atom is 0.247 e. The zero-order valence-electron chi connectivity index (χ0n) is 22.9. The summed E-state index contributed by atoms with van der Waals surface area (Å²) in [7, 11) is 3.09. The maximum absolute atomic E-state index is 14.2. The lowest BCUT2D eigenvalue weighted by molar-refractivity contribution is -0.142. The molecule has 0 aliphatic heterocycles. The van der Waals surface area contributed by atoms with Gasteiger partial charge in [-0.1, -0.05) is 78.0 Å². The van der Waals surface area contributed by atoms with Crippen molar-refractivity contribution in [2.75, 3.05) is 14.2 Å². The van der Waals surface area contributed by atoms with Crippen LogP contribution in [0.3, 0.4) is 0 Å². The number of methoxy groups -OCH3 is 2. The third-order valence-electron chi connectivity index (χ3n) is 6.82. The summed E-state index contributed by atoms with van der Waals surface area (Å²) in [5, 5.41) is 11.4. The summed E-state index contributed by atoms with van der Waals surface area (Å²) in [6.07, 6.45) is 0. The average Bonchev–Trinajstić information content (AvgIpc) is 3.43. The first-order chi connectivity index (χ1) is 20.1. The molecule has 0 aliphatic carbocycles. The lowest BCUT2D eigenvalue weighted by Crippen LogP contribution is -2.44. The van der Waals surface area contributed by atoms with Crippen LogP contribution >= 0.6 is 0 Å². The van der Waals surface area contributed by atoms with Crippen LogP contribution in [0.15, 0.2) is 103 Å². The Morgan fingerprint density at radius 2 is 1.54 bits per heavy atom. The highest BCUT2D eigenvalue weighted by Gasteiger charge is 2.34. The SMILES string of the molecule is COc1ccc(OC)c([C@@H](C(=O)NCc2ccccc2)N(Cc2ccccc2)C(=O)Cn2nnc3ccccc32)c1. The van der Waals surface area contributed by atoms with Crippen LogP contribution in [0.4, 0.5) is 0 Å². The number of hydrogen-bond donors (Lipinski definition) is 1. The Bertz CT molecular complexity index is 1620. The summed E-state index contributed by atoms with van der Waals surface area (Å²) >= 11 is 0. The van der Waals surface area contributed by atoms with Gasteiger partial charge in [-0.2, -0.15) is 0 Å². The second kappa shape index (κ2) is 12.8. The van der Waals surface area contributed by atoms with Gasteiger partial charge in [-0.05, 0) is 41.5 Å². The number of benzene rings is 4. The summed E-state index contributed by atoms with van der Waals surface area (Å²) in [6, 6.07) is 30.8. The molecule has 0 radical (unpaired) electrons. The molecule has 1 N–H and O–H groups in total. The lowest BCUT2D eigenvalue weighted by Gasteiger charge is -2.32. The average molecular weight is 550 g/mol. The molecule has 2 amide bonds. The molecular formula is C32H31N5O4. The van der Waals surface area contributed by atoms with Crippen molar-refractivity contribution in [1.29, 1.82) is 0 Å². The largest absolute Gasteiger partial charge is 0.497 e. The molecule has 9 heteroatoms. The molecule has 1 aromatic heterocycles. The maximum atomic E-state index is 14.2. The molecule has 41 heavy (non-hydrogen) atoms. The van der Waals surface area contributed by atoms with Crippen molar-refractivity contribution in [3.63, 3.8) is 0 Å². The van der Waals surface area contributed by atoms with Crippen LogP contribution in [0.5, 0.6) is 11.5 Å². The van der Waals surface area contributed by atoms with Gasteiger partial charge in [0.25, 0.3) is 0 Å². The zero-order chi connectivity index (χ0) is 28.6. The van der Waals surface area contributed by atoms with E-state index in [-0.39, 0.29) is 24.9 Å². The predicted molar refractivity (Wildman–Crippen MR) is 155 cm³/mol. The molecule has 0 saturated carbocycles. The van der Waals surface area contributed by atoms with Gasteiger partial charge in [0.1, 0.15) is 29.6 Å². The molecule has 5 rings (SSSR count). The number of para-hydroxylation sites is 1. The molecule has 4 aromatic carbocycles. The topological polar surface area (TPSA) is 98.6 Å². The number of rotatable bonds is 11. The molecule has 0 unspecified atom stereocenters. The van der Waals surface area contributed by atoms with Crippen LogP contribution in [0.2, 0.25) is 0 Å². The smallest absolute Gasteiger partial charge is 0.247 e. The van der Waals surface area contributed by atoms with Gasteiger partial charge in [0.2, 0.25) is 11.8 Å². The van der Waals surface area contributed by atoms with Crippen molar-refractivity contribution in [3.8, 4) is 11.5 Å². The Kier molecular flexibility index (Phi) is 8.54. The molecule has 0 bridgehead atoms. The van der Waals surface area contributed by atoms with Gasteiger partial charge < -0.3 is 19.7 Å². The zero-order valence-corrected chi connectivity index (χ0v) is 22.9. The van der Waals surface area contributed by atoms with E-state index < -0.39 is 6.04 Å². The molecule has 1 heterocycles. The van der Waals surface area contributed by atoms with E-state index in [1.807, 2.05) is 84.9 Å².